The normalized spacial score (nSPS) is 20.7. The average Bonchev–Trinajstić information content (AvgIpc) is 2.83. The van der Waals surface area contributed by atoms with Crippen molar-refractivity contribution in [1.29, 1.82) is 4.78 Å². The lowest BCUT2D eigenvalue weighted by molar-refractivity contribution is -0.274. The van der Waals surface area contributed by atoms with E-state index in [2.05, 4.69) is 9.46 Å². The second kappa shape index (κ2) is 9.04. The molecule has 188 valence electrons. The first-order valence-corrected chi connectivity index (χ1v) is 12.3. The van der Waals surface area contributed by atoms with Gasteiger partial charge in [0.1, 0.15) is 34.6 Å². The highest BCUT2D eigenvalue weighted by Gasteiger charge is 2.37. The zero-order chi connectivity index (χ0) is 25.5. The van der Waals surface area contributed by atoms with Crippen LogP contribution < -0.4 is 19.1 Å². The molecule has 0 fully saturated rings. The fraction of sp³-hybridized carbons (Fsp3) is 0.167. The lowest BCUT2D eigenvalue weighted by Crippen LogP contribution is -2.50. The minimum atomic E-state index is -4.87. The second-order valence-corrected chi connectivity index (χ2v) is 9.81. The summed E-state index contributed by atoms with van der Waals surface area (Å²) in [4.78, 5) is 1.68. The van der Waals surface area contributed by atoms with E-state index in [1.807, 2.05) is 36.4 Å². The first-order valence-electron chi connectivity index (χ1n) is 10.7. The van der Waals surface area contributed by atoms with E-state index < -0.39 is 34.2 Å². The summed E-state index contributed by atoms with van der Waals surface area (Å²) in [5.41, 5.74) is 1.63. The van der Waals surface area contributed by atoms with Crippen LogP contribution in [0, 0.1) is 4.78 Å². The van der Waals surface area contributed by atoms with Crippen molar-refractivity contribution in [3.05, 3.63) is 84.8 Å². The maximum absolute atomic E-state index is 13.2. The molecule has 0 radical (unpaired) electrons. The highest BCUT2D eigenvalue weighted by Crippen LogP contribution is 2.49. The monoisotopic (exact) mass is 519 g/mol. The minimum Gasteiger partial charge on any atom is -0.497 e. The summed E-state index contributed by atoms with van der Waals surface area (Å²) in [6.07, 6.45) is -4.72. The standard InChI is InChI=1S/C24H20F3N3O5S/c25-24(26,27)35-15-9-11-16(12-10-15)36(28,32)29-17-13-33-14-20(23(17)31)30-18-5-1-3-7-21(18)34-22-8-4-2-6-19(22)30/h1-12,14,17,23,31H,13H2,(H2,28,29,32)/t17-,23-,36?/m0/s1. The molecule has 3 aromatic rings. The summed E-state index contributed by atoms with van der Waals surface area (Å²) < 4.78 is 76.7. The Morgan fingerprint density at radius 1 is 1.00 bits per heavy atom. The van der Waals surface area contributed by atoms with E-state index in [4.69, 9.17) is 14.3 Å². The lowest BCUT2D eigenvalue weighted by atomic mass is 10.0. The van der Waals surface area contributed by atoms with Gasteiger partial charge in [0.15, 0.2) is 11.5 Å². The van der Waals surface area contributed by atoms with Gasteiger partial charge >= 0.3 is 6.36 Å². The molecule has 3 aromatic carbocycles. The fourth-order valence-electron chi connectivity index (χ4n) is 3.98. The van der Waals surface area contributed by atoms with Crippen LogP contribution in [0.1, 0.15) is 0 Å². The third kappa shape index (κ3) is 4.70. The highest BCUT2D eigenvalue weighted by molar-refractivity contribution is 7.90. The topological polar surface area (TPSA) is 104 Å². The predicted molar refractivity (Wildman–Crippen MR) is 124 cm³/mol. The number of halogens is 3. The van der Waals surface area contributed by atoms with Crippen molar-refractivity contribution >= 4 is 21.3 Å². The smallest absolute Gasteiger partial charge is 0.497 e. The number of para-hydroxylation sites is 4. The highest BCUT2D eigenvalue weighted by atomic mass is 32.2. The lowest BCUT2D eigenvalue weighted by Gasteiger charge is -2.39. The number of ether oxygens (including phenoxy) is 3. The van der Waals surface area contributed by atoms with E-state index >= 15 is 0 Å². The van der Waals surface area contributed by atoms with Crippen molar-refractivity contribution < 1.29 is 36.7 Å². The predicted octanol–water partition coefficient (Wildman–Crippen LogP) is 5.04. The summed E-state index contributed by atoms with van der Waals surface area (Å²) in [6.45, 7) is -0.0938. The van der Waals surface area contributed by atoms with E-state index in [-0.39, 0.29) is 11.5 Å². The van der Waals surface area contributed by atoms with Gasteiger partial charge in [0, 0.05) is 0 Å². The van der Waals surface area contributed by atoms with Crippen LogP contribution in [-0.2, 0) is 14.7 Å². The number of aliphatic hydroxyl groups excluding tert-OH is 1. The molecule has 0 aliphatic carbocycles. The first-order chi connectivity index (χ1) is 17.1. The van der Waals surface area contributed by atoms with E-state index in [9.17, 15) is 22.5 Å². The molecule has 1 unspecified atom stereocenters. The molecule has 0 spiro atoms. The molecule has 0 aromatic heterocycles. The van der Waals surface area contributed by atoms with Crippen molar-refractivity contribution in [2.45, 2.75) is 23.4 Å². The number of nitrogens with one attached hydrogen (secondary N) is 2. The number of aliphatic hydroxyl groups is 1. The molecule has 8 nitrogen and oxygen atoms in total. The summed E-state index contributed by atoms with van der Waals surface area (Å²) in [6, 6.07) is 17.6. The zero-order valence-electron chi connectivity index (χ0n) is 18.4. The van der Waals surface area contributed by atoms with E-state index in [1.165, 1.54) is 6.26 Å². The third-order valence-electron chi connectivity index (χ3n) is 5.56. The first kappa shape index (κ1) is 24.0. The summed E-state index contributed by atoms with van der Waals surface area (Å²) >= 11 is 0. The Hall–Kier alpha value is -3.74. The molecular formula is C24H20F3N3O5S. The summed E-state index contributed by atoms with van der Waals surface area (Å²) in [7, 11) is -3.73. The molecule has 5 rings (SSSR count). The van der Waals surface area contributed by atoms with Crippen LogP contribution in [0.3, 0.4) is 0 Å². The molecule has 3 atom stereocenters. The van der Waals surface area contributed by atoms with Crippen LogP contribution in [-0.4, -0.2) is 34.4 Å². The number of benzene rings is 3. The molecule has 2 aliphatic heterocycles. The Bertz CT molecular complexity index is 1370. The number of alkyl halides is 3. The SMILES string of the molecule is N=S(=O)(N[C@H]1COC=C(N2c3ccccc3Oc3ccccc32)[C@H]1O)c1ccc(OC(F)(F)F)cc1. The largest absolute Gasteiger partial charge is 0.573 e. The van der Waals surface area contributed by atoms with Gasteiger partial charge in [-0.15, -0.1) is 13.2 Å². The number of nitrogens with zero attached hydrogens (tertiary/aromatic N) is 1. The Morgan fingerprint density at radius 2 is 1.58 bits per heavy atom. The molecule has 0 saturated carbocycles. The Labute approximate surface area is 204 Å². The number of anilines is 2. The van der Waals surface area contributed by atoms with Gasteiger partial charge < -0.3 is 24.2 Å². The van der Waals surface area contributed by atoms with Gasteiger partial charge in [-0.05, 0) is 48.5 Å². The van der Waals surface area contributed by atoms with Crippen LogP contribution in [0.15, 0.2) is 89.7 Å². The number of fused-ring (bicyclic) bond motifs is 2. The number of rotatable bonds is 5. The third-order valence-corrected chi connectivity index (χ3v) is 7.13. The van der Waals surface area contributed by atoms with Crippen molar-refractivity contribution in [3.8, 4) is 17.2 Å². The Kier molecular flexibility index (Phi) is 6.02. The van der Waals surface area contributed by atoms with Gasteiger partial charge in [-0.2, -0.15) is 0 Å². The van der Waals surface area contributed by atoms with Crippen molar-refractivity contribution in [1.82, 2.24) is 4.72 Å². The maximum atomic E-state index is 13.2. The van der Waals surface area contributed by atoms with E-state index in [0.717, 1.165) is 24.3 Å². The molecule has 0 amide bonds. The molecule has 36 heavy (non-hydrogen) atoms. The van der Waals surface area contributed by atoms with Crippen molar-refractivity contribution in [2.24, 2.45) is 0 Å². The quantitative estimate of drug-likeness (QED) is 0.436. The molecule has 2 aliphatic rings. The van der Waals surface area contributed by atoms with Crippen LogP contribution >= 0.6 is 0 Å². The van der Waals surface area contributed by atoms with Crippen molar-refractivity contribution in [2.75, 3.05) is 11.5 Å². The van der Waals surface area contributed by atoms with Crippen LogP contribution in [0.25, 0.3) is 0 Å². The molecule has 2 heterocycles. The summed E-state index contributed by atoms with van der Waals surface area (Å²) in [5.74, 6) is 0.618. The van der Waals surface area contributed by atoms with Crippen molar-refractivity contribution in [3.63, 3.8) is 0 Å². The molecule has 3 N–H and O–H groups in total. The Morgan fingerprint density at radius 3 is 2.17 bits per heavy atom. The van der Waals surface area contributed by atoms with Crippen LogP contribution in [0.5, 0.6) is 17.2 Å². The van der Waals surface area contributed by atoms with E-state index in [0.29, 0.717) is 28.6 Å². The van der Waals surface area contributed by atoms with Crippen LogP contribution in [0.2, 0.25) is 0 Å². The number of hydrogen-bond donors (Lipinski definition) is 3. The van der Waals surface area contributed by atoms with Gasteiger partial charge in [-0.1, -0.05) is 24.3 Å². The van der Waals surface area contributed by atoms with Gasteiger partial charge in [0.2, 0.25) is 0 Å². The van der Waals surface area contributed by atoms with Gasteiger partial charge in [-0.25, -0.2) is 13.7 Å². The second-order valence-electron chi connectivity index (χ2n) is 7.99. The average molecular weight is 520 g/mol. The fourth-order valence-corrected chi connectivity index (χ4v) is 5.26. The molecular weight excluding hydrogens is 499 g/mol. The minimum absolute atomic E-state index is 0.0811. The molecule has 0 bridgehead atoms. The molecule has 0 saturated heterocycles. The number of hydrogen-bond acceptors (Lipinski definition) is 7. The Balaban J connectivity index is 1.41. The molecule has 12 heteroatoms. The zero-order valence-corrected chi connectivity index (χ0v) is 19.3. The van der Waals surface area contributed by atoms with Gasteiger partial charge in [0.25, 0.3) is 0 Å². The van der Waals surface area contributed by atoms with Gasteiger partial charge in [0.05, 0.1) is 28.0 Å². The van der Waals surface area contributed by atoms with Gasteiger partial charge in [-0.3, -0.25) is 0 Å². The van der Waals surface area contributed by atoms with E-state index in [1.54, 1.807) is 17.0 Å². The van der Waals surface area contributed by atoms with Crippen LogP contribution in [0.4, 0.5) is 24.5 Å². The summed E-state index contributed by atoms with van der Waals surface area (Å²) in [5, 5.41) is 11.3. The maximum Gasteiger partial charge on any atom is 0.573 e.